The summed E-state index contributed by atoms with van der Waals surface area (Å²) in [5.74, 6) is 0.851. The highest BCUT2D eigenvalue weighted by Crippen LogP contribution is 2.26. The molecule has 0 aromatic carbocycles. The summed E-state index contributed by atoms with van der Waals surface area (Å²) in [6.07, 6.45) is 8.04. The Bertz CT molecular complexity index is 517. The van der Waals surface area contributed by atoms with Gasteiger partial charge in [-0.2, -0.15) is 0 Å². The normalized spacial score (nSPS) is 17.9. The van der Waals surface area contributed by atoms with E-state index in [1.54, 1.807) is 0 Å². The molecule has 0 bridgehead atoms. The van der Waals surface area contributed by atoms with E-state index in [2.05, 4.69) is 43.8 Å². The predicted octanol–water partition coefficient (Wildman–Crippen LogP) is 2.47. The van der Waals surface area contributed by atoms with E-state index in [-0.39, 0.29) is 0 Å². The lowest BCUT2D eigenvalue weighted by Gasteiger charge is -2.39. The van der Waals surface area contributed by atoms with Crippen LogP contribution in [0.5, 0.6) is 0 Å². The third kappa shape index (κ3) is 3.24. The minimum atomic E-state index is 0.504. The average molecular weight is 285 g/mol. The quantitative estimate of drug-likeness (QED) is 0.917. The Morgan fingerprint density at radius 1 is 1.14 bits per heavy atom. The lowest BCUT2D eigenvalue weighted by Crippen LogP contribution is -2.48. The van der Waals surface area contributed by atoms with E-state index < -0.39 is 0 Å². The number of hydrogen-bond donors (Lipinski definition) is 1. The fraction of sp³-hybridized carbons (Fsp3) is 0.500. The van der Waals surface area contributed by atoms with Gasteiger partial charge in [-0.15, -0.1) is 0 Å². The molecule has 112 valence electrons. The number of aromatic nitrogens is 3. The molecular weight excluding hydrogens is 262 g/mol. The smallest absolute Gasteiger partial charge is 0.225 e. The van der Waals surface area contributed by atoms with Gasteiger partial charge in [0, 0.05) is 56.5 Å². The molecule has 2 aromatic rings. The van der Waals surface area contributed by atoms with Crippen molar-refractivity contribution < 1.29 is 0 Å². The fourth-order valence-corrected chi connectivity index (χ4v) is 3.05. The van der Waals surface area contributed by atoms with Crippen LogP contribution in [0.25, 0.3) is 0 Å². The molecule has 1 aliphatic rings. The van der Waals surface area contributed by atoms with Crippen LogP contribution in [0.1, 0.15) is 31.5 Å². The largest absolute Gasteiger partial charge is 0.364 e. The van der Waals surface area contributed by atoms with Gasteiger partial charge < -0.3 is 9.88 Å². The molecule has 5 heteroatoms. The second-order valence-electron chi connectivity index (χ2n) is 5.50. The van der Waals surface area contributed by atoms with Gasteiger partial charge in [-0.05, 0) is 24.6 Å². The highest BCUT2D eigenvalue weighted by atomic mass is 15.3. The summed E-state index contributed by atoms with van der Waals surface area (Å²) >= 11 is 0. The standard InChI is InChI=1S/C16H23N5/c1-2-5-15(14-6-3-7-17-14)20-10-12-21(13-11-20)16-18-8-4-9-19-16/h3-4,6-9,15,17H,2,5,10-13H2,1H3. The van der Waals surface area contributed by atoms with Crippen molar-refractivity contribution in [2.45, 2.75) is 25.8 Å². The summed E-state index contributed by atoms with van der Waals surface area (Å²) < 4.78 is 0. The van der Waals surface area contributed by atoms with E-state index in [9.17, 15) is 0 Å². The van der Waals surface area contributed by atoms with Crippen LogP contribution in [-0.2, 0) is 0 Å². The first-order valence-electron chi connectivity index (χ1n) is 7.78. The van der Waals surface area contributed by atoms with Gasteiger partial charge in [0.2, 0.25) is 5.95 Å². The van der Waals surface area contributed by atoms with Gasteiger partial charge in [-0.1, -0.05) is 13.3 Å². The van der Waals surface area contributed by atoms with Crippen molar-refractivity contribution in [3.05, 3.63) is 42.5 Å². The minimum absolute atomic E-state index is 0.504. The van der Waals surface area contributed by atoms with Crippen molar-refractivity contribution >= 4 is 5.95 Å². The van der Waals surface area contributed by atoms with Crippen molar-refractivity contribution in [2.24, 2.45) is 0 Å². The summed E-state index contributed by atoms with van der Waals surface area (Å²) in [4.78, 5) is 16.9. The Balaban J connectivity index is 1.64. The van der Waals surface area contributed by atoms with E-state index in [0.717, 1.165) is 32.1 Å². The van der Waals surface area contributed by atoms with Crippen LogP contribution >= 0.6 is 0 Å². The average Bonchev–Trinajstić information content (AvgIpc) is 3.08. The second-order valence-corrected chi connectivity index (χ2v) is 5.50. The predicted molar refractivity (Wildman–Crippen MR) is 84.3 cm³/mol. The molecule has 5 nitrogen and oxygen atoms in total. The number of hydrogen-bond acceptors (Lipinski definition) is 4. The maximum absolute atomic E-state index is 4.35. The zero-order valence-corrected chi connectivity index (χ0v) is 12.6. The van der Waals surface area contributed by atoms with Crippen molar-refractivity contribution in [1.29, 1.82) is 0 Å². The Morgan fingerprint density at radius 3 is 2.52 bits per heavy atom. The van der Waals surface area contributed by atoms with E-state index in [0.29, 0.717) is 6.04 Å². The molecule has 0 saturated carbocycles. The molecule has 1 atom stereocenters. The number of H-pyrrole nitrogens is 1. The Morgan fingerprint density at radius 2 is 1.90 bits per heavy atom. The molecule has 1 unspecified atom stereocenters. The molecular formula is C16H23N5. The number of anilines is 1. The molecule has 1 fully saturated rings. The van der Waals surface area contributed by atoms with E-state index >= 15 is 0 Å². The number of rotatable bonds is 5. The zero-order chi connectivity index (χ0) is 14.5. The van der Waals surface area contributed by atoms with Crippen LogP contribution in [0.3, 0.4) is 0 Å². The van der Waals surface area contributed by atoms with Crippen molar-refractivity contribution in [3.8, 4) is 0 Å². The monoisotopic (exact) mass is 285 g/mol. The van der Waals surface area contributed by atoms with E-state index in [1.807, 2.05) is 24.7 Å². The maximum Gasteiger partial charge on any atom is 0.225 e. The Hall–Kier alpha value is -1.88. The number of nitrogens with zero attached hydrogens (tertiary/aromatic N) is 4. The van der Waals surface area contributed by atoms with Gasteiger partial charge in [0.1, 0.15) is 0 Å². The molecule has 1 aliphatic heterocycles. The lowest BCUT2D eigenvalue weighted by atomic mass is 10.1. The van der Waals surface area contributed by atoms with Gasteiger partial charge in [0.25, 0.3) is 0 Å². The lowest BCUT2D eigenvalue weighted by molar-refractivity contribution is 0.172. The van der Waals surface area contributed by atoms with Crippen LogP contribution in [0.2, 0.25) is 0 Å². The summed E-state index contributed by atoms with van der Waals surface area (Å²) in [6.45, 7) is 6.35. The highest BCUT2D eigenvalue weighted by molar-refractivity contribution is 5.29. The van der Waals surface area contributed by atoms with Crippen LogP contribution in [0.15, 0.2) is 36.8 Å². The number of nitrogens with one attached hydrogen (secondary N) is 1. The molecule has 3 heterocycles. The summed E-state index contributed by atoms with van der Waals surface area (Å²) in [5, 5.41) is 0. The number of piperazine rings is 1. The molecule has 2 aromatic heterocycles. The Kier molecular flexibility index (Phi) is 4.50. The van der Waals surface area contributed by atoms with Crippen LogP contribution < -0.4 is 4.90 Å². The zero-order valence-electron chi connectivity index (χ0n) is 12.6. The molecule has 0 aliphatic carbocycles. The van der Waals surface area contributed by atoms with Gasteiger partial charge in [-0.25, -0.2) is 9.97 Å². The minimum Gasteiger partial charge on any atom is -0.364 e. The molecule has 1 N–H and O–H groups in total. The first kappa shape index (κ1) is 14.1. The van der Waals surface area contributed by atoms with Crippen LogP contribution in [0, 0.1) is 0 Å². The van der Waals surface area contributed by atoms with Gasteiger partial charge >= 0.3 is 0 Å². The summed E-state index contributed by atoms with van der Waals surface area (Å²) in [7, 11) is 0. The molecule has 21 heavy (non-hydrogen) atoms. The molecule has 0 amide bonds. The summed E-state index contributed by atoms with van der Waals surface area (Å²) in [5.41, 5.74) is 1.33. The third-order valence-electron chi connectivity index (χ3n) is 4.13. The third-order valence-corrected chi connectivity index (χ3v) is 4.13. The van der Waals surface area contributed by atoms with Crippen molar-refractivity contribution in [1.82, 2.24) is 19.9 Å². The fourth-order valence-electron chi connectivity index (χ4n) is 3.05. The highest BCUT2D eigenvalue weighted by Gasteiger charge is 2.25. The van der Waals surface area contributed by atoms with Gasteiger partial charge in [-0.3, -0.25) is 4.90 Å². The first-order valence-corrected chi connectivity index (χ1v) is 7.78. The number of aromatic amines is 1. The molecule has 1 saturated heterocycles. The Labute approximate surface area is 126 Å². The van der Waals surface area contributed by atoms with Crippen molar-refractivity contribution in [3.63, 3.8) is 0 Å². The molecule has 0 radical (unpaired) electrons. The van der Waals surface area contributed by atoms with Crippen molar-refractivity contribution in [2.75, 3.05) is 31.1 Å². The maximum atomic E-state index is 4.35. The van der Waals surface area contributed by atoms with E-state index in [1.165, 1.54) is 18.5 Å². The van der Waals surface area contributed by atoms with Crippen LogP contribution in [-0.4, -0.2) is 46.0 Å². The van der Waals surface area contributed by atoms with E-state index in [4.69, 9.17) is 0 Å². The first-order chi connectivity index (χ1) is 10.4. The van der Waals surface area contributed by atoms with Gasteiger partial charge in [0.05, 0.1) is 0 Å². The summed E-state index contributed by atoms with van der Waals surface area (Å²) in [6, 6.07) is 6.66. The van der Waals surface area contributed by atoms with Crippen LogP contribution in [0.4, 0.5) is 5.95 Å². The van der Waals surface area contributed by atoms with Gasteiger partial charge in [0.15, 0.2) is 0 Å². The molecule has 3 rings (SSSR count). The SMILES string of the molecule is CCCC(c1ccc[nH]1)N1CCN(c2ncccn2)CC1. The second kappa shape index (κ2) is 6.72. The topological polar surface area (TPSA) is 48.1 Å². The molecule has 0 spiro atoms.